The highest BCUT2D eigenvalue weighted by Crippen LogP contribution is 2.52. The van der Waals surface area contributed by atoms with Crippen molar-refractivity contribution in [2.75, 3.05) is 33.9 Å². The predicted molar refractivity (Wildman–Crippen MR) is 144 cm³/mol. The number of amides is 2. The summed E-state index contributed by atoms with van der Waals surface area (Å²) in [6.07, 6.45) is 14.6. The van der Waals surface area contributed by atoms with E-state index >= 15 is 0 Å². The molecule has 0 radical (unpaired) electrons. The molecule has 1 N–H and O–H groups in total. The molecule has 0 aromatic rings. The van der Waals surface area contributed by atoms with Crippen LogP contribution in [0.3, 0.4) is 0 Å². The fourth-order valence-electron chi connectivity index (χ4n) is 6.91. The number of likely N-dealkylation sites (tertiary alicyclic amines) is 1. The summed E-state index contributed by atoms with van der Waals surface area (Å²) in [6.45, 7) is 3.49. The van der Waals surface area contributed by atoms with Crippen LogP contribution in [-0.2, 0) is 28.6 Å². The molecule has 2 fully saturated rings. The third kappa shape index (κ3) is 6.17. The molecular weight excluding hydrogens is 484 g/mol. The Morgan fingerprint density at radius 3 is 2.66 bits per heavy atom. The number of hydrogen-bond donors (Lipinski definition) is 1. The van der Waals surface area contributed by atoms with Crippen LogP contribution in [0.1, 0.15) is 84.0 Å². The lowest BCUT2D eigenvalue weighted by Crippen LogP contribution is -2.60. The third-order valence-corrected chi connectivity index (χ3v) is 9.04. The summed E-state index contributed by atoms with van der Waals surface area (Å²) in [5.74, 6) is -0.869. The van der Waals surface area contributed by atoms with Crippen molar-refractivity contribution in [3.05, 3.63) is 23.4 Å². The molecule has 212 valence electrons. The highest BCUT2D eigenvalue weighted by molar-refractivity contribution is 5.92. The summed E-state index contributed by atoms with van der Waals surface area (Å²) in [5, 5.41) is 2.91. The van der Waals surface area contributed by atoms with E-state index in [4.69, 9.17) is 14.2 Å². The number of ether oxygens (including phenoxy) is 3. The van der Waals surface area contributed by atoms with Crippen LogP contribution < -0.4 is 5.32 Å². The highest BCUT2D eigenvalue weighted by atomic mass is 16.5. The lowest BCUT2D eigenvalue weighted by Gasteiger charge is -2.52. The van der Waals surface area contributed by atoms with Gasteiger partial charge in [-0.25, -0.2) is 0 Å². The lowest BCUT2D eigenvalue weighted by molar-refractivity contribution is -0.177. The SMILES string of the molecule is COCCCNC(=O)C[C@H]1C[C@@]2(C(=O)OC)C(=C[C@H](C3CCCC3)O[C@@H]2C)N(CCC2=CCCCC2)C1=O. The van der Waals surface area contributed by atoms with Crippen LogP contribution in [0.2, 0.25) is 0 Å². The minimum atomic E-state index is -1.11. The van der Waals surface area contributed by atoms with Gasteiger partial charge in [0.15, 0.2) is 0 Å². The second-order valence-corrected chi connectivity index (χ2v) is 11.5. The van der Waals surface area contributed by atoms with Crippen molar-refractivity contribution in [1.82, 2.24) is 10.2 Å². The molecule has 2 aliphatic heterocycles. The molecule has 8 heteroatoms. The standard InChI is InChI=1S/C30H46N2O6/c1-21-30(29(35)37-3)20-24(18-27(33)31-15-9-17-36-2)28(34)32(16-14-22-10-5-4-6-11-22)26(30)19-25(38-21)23-12-7-8-13-23/h10,19,21,23-25H,4-9,11-18,20H2,1-3H3,(H,31,33)/t21-,24+,25-,30+/m1/s1. The number of carbonyl (C=O) groups is 3. The van der Waals surface area contributed by atoms with Crippen LogP contribution in [-0.4, -0.2) is 68.8 Å². The fraction of sp³-hybridized carbons (Fsp3) is 0.767. The molecule has 2 amide bonds. The van der Waals surface area contributed by atoms with Gasteiger partial charge in [-0.2, -0.15) is 0 Å². The molecule has 0 unspecified atom stereocenters. The van der Waals surface area contributed by atoms with E-state index in [0.717, 1.165) is 37.8 Å². The first-order chi connectivity index (χ1) is 18.4. The number of hydrogen-bond acceptors (Lipinski definition) is 6. The molecule has 2 heterocycles. The average molecular weight is 531 g/mol. The molecule has 0 spiro atoms. The maximum atomic E-state index is 14.0. The van der Waals surface area contributed by atoms with Gasteiger partial charge in [0.1, 0.15) is 5.41 Å². The summed E-state index contributed by atoms with van der Waals surface area (Å²) < 4.78 is 17.0. The van der Waals surface area contributed by atoms with E-state index < -0.39 is 17.4 Å². The molecule has 8 nitrogen and oxygen atoms in total. The largest absolute Gasteiger partial charge is 0.468 e. The van der Waals surface area contributed by atoms with Gasteiger partial charge in [-0.15, -0.1) is 0 Å². The van der Waals surface area contributed by atoms with Gasteiger partial charge in [0, 0.05) is 44.8 Å². The van der Waals surface area contributed by atoms with Crippen LogP contribution in [0.4, 0.5) is 0 Å². The number of nitrogens with one attached hydrogen (secondary N) is 1. The Kier molecular flexibility index (Phi) is 10.0. The van der Waals surface area contributed by atoms with Crippen molar-refractivity contribution in [2.45, 2.75) is 96.2 Å². The normalized spacial score (nSPS) is 29.9. The zero-order valence-electron chi connectivity index (χ0n) is 23.5. The Balaban J connectivity index is 1.64. The first-order valence-corrected chi connectivity index (χ1v) is 14.6. The molecule has 4 atom stereocenters. The summed E-state index contributed by atoms with van der Waals surface area (Å²) in [6, 6.07) is 0. The maximum absolute atomic E-state index is 14.0. The number of nitrogens with zero attached hydrogens (tertiary/aromatic N) is 1. The second kappa shape index (κ2) is 13.2. The number of fused-ring (bicyclic) bond motifs is 1. The van der Waals surface area contributed by atoms with Crippen molar-refractivity contribution in [2.24, 2.45) is 17.3 Å². The molecule has 0 bridgehead atoms. The van der Waals surface area contributed by atoms with Crippen LogP contribution in [0, 0.1) is 17.3 Å². The van der Waals surface area contributed by atoms with E-state index in [1.165, 1.54) is 38.4 Å². The van der Waals surface area contributed by atoms with Gasteiger partial charge in [0.2, 0.25) is 11.8 Å². The number of allylic oxidation sites excluding steroid dienone is 1. The number of piperidine rings is 1. The lowest BCUT2D eigenvalue weighted by atomic mass is 9.66. The minimum absolute atomic E-state index is 0.0375. The van der Waals surface area contributed by atoms with Crippen LogP contribution in [0.25, 0.3) is 0 Å². The summed E-state index contributed by atoms with van der Waals surface area (Å²) >= 11 is 0. The summed E-state index contributed by atoms with van der Waals surface area (Å²) in [4.78, 5) is 42.3. The summed E-state index contributed by atoms with van der Waals surface area (Å²) in [7, 11) is 3.03. The van der Waals surface area contributed by atoms with E-state index in [2.05, 4.69) is 17.5 Å². The Hall–Kier alpha value is -2.19. The zero-order chi connectivity index (χ0) is 27.1. The van der Waals surface area contributed by atoms with E-state index in [-0.39, 0.29) is 36.7 Å². The van der Waals surface area contributed by atoms with E-state index in [9.17, 15) is 14.4 Å². The number of rotatable bonds is 11. The Bertz CT molecular complexity index is 924. The van der Waals surface area contributed by atoms with Gasteiger partial charge in [-0.1, -0.05) is 24.5 Å². The van der Waals surface area contributed by atoms with Gasteiger partial charge < -0.3 is 24.4 Å². The van der Waals surface area contributed by atoms with E-state index in [0.29, 0.717) is 32.0 Å². The van der Waals surface area contributed by atoms with Crippen molar-refractivity contribution >= 4 is 17.8 Å². The van der Waals surface area contributed by atoms with Gasteiger partial charge in [0.25, 0.3) is 0 Å². The second-order valence-electron chi connectivity index (χ2n) is 11.5. The van der Waals surface area contributed by atoms with Crippen LogP contribution >= 0.6 is 0 Å². The summed E-state index contributed by atoms with van der Waals surface area (Å²) in [5.41, 5.74) is 0.997. The molecule has 4 aliphatic rings. The van der Waals surface area contributed by atoms with Gasteiger partial charge in [0.05, 0.1) is 19.3 Å². The quantitative estimate of drug-likeness (QED) is 0.243. The monoisotopic (exact) mass is 530 g/mol. The molecule has 4 rings (SSSR count). The van der Waals surface area contributed by atoms with Crippen molar-refractivity contribution < 1.29 is 28.6 Å². The smallest absolute Gasteiger partial charge is 0.320 e. The number of carbonyl (C=O) groups excluding carboxylic acids is 3. The van der Waals surface area contributed by atoms with Gasteiger partial charge in [-0.05, 0) is 76.7 Å². The molecule has 0 aromatic heterocycles. The maximum Gasteiger partial charge on any atom is 0.320 e. The molecule has 1 saturated heterocycles. The average Bonchev–Trinajstić information content (AvgIpc) is 3.47. The Labute approximate surface area is 227 Å². The fourth-order valence-corrected chi connectivity index (χ4v) is 6.91. The van der Waals surface area contributed by atoms with Gasteiger partial charge >= 0.3 is 5.97 Å². The van der Waals surface area contributed by atoms with Crippen molar-refractivity contribution in [3.8, 4) is 0 Å². The number of methoxy groups -OCH3 is 2. The minimum Gasteiger partial charge on any atom is -0.468 e. The molecule has 0 aromatic carbocycles. The van der Waals surface area contributed by atoms with Crippen LogP contribution in [0.5, 0.6) is 0 Å². The van der Waals surface area contributed by atoms with E-state index in [1.54, 1.807) is 7.11 Å². The van der Waals surface area contributed by atoms with Crippen molar-refractivity contribution in [3.63, 3.8) is 0 Å². The zero-order valence-corrected chi connectivity index (χ0v) is 23.5. The highest BCUT2D eigenvalue weighted by Gasteiger charge is 2.60. The Morgan fingerprint density at radius 1 is 1.18 bits per heavy atom. The Morgan fingerprint density at radius 2 is 1.97 bits per heavy atom. The molecule has 38 heavy (non-hydrogen) atoms. The molecule has 2 aliphatic carbocycles. The molecule has 1 saturated carbocycles. The topological polar surface area (TPSA) is 94.2 Å². The first-order valence-electron chi connectivity index (χ1n) is 14.6. The van der Waals surface area contributed by atoms with Crippen LogP contribution in [0.15, 0.2) is 23.4 Å². The third-order valence-electron chi connectivity index (χ3n) is 9.04. The number of esters is 1. The predicted octanol–water partition coefficient (Wildman–Crippen LogP) is 4.29. The molecular formula is C30H46N2O6. The van der Waals surface area contributed by atoms with Crippen molar-refractivity contribution in [1.29, 1.82) is 0 Å². The first kappa shape index (κ1) is 28.8. The van der Waals surface area contributed by atoms with E-state index in [1.807, 2.05) is 11.8 Å². The van der Waals surface area contributed by atoms with Gasteiger partial charge in [-0.3, -0.25) is 14.4 Å².